The zero-order chi connectivity index (χ0) is 13.1. The molecule has 1 aliphatic carbocycles. The standard InChI is InChI=1S/C17H26N2/c1-14(15-5-3-2-4-6-15)9-11-19-12-10-17(13-19)18-16-7-8-16/h2-6,14,16-18H,7-13H2,1H3. The van der Waals surface area contributed by atoms with Gasteiger partial charge in [0, 0.05) is 18.6 Å². The monoisotopic (exact) mass is 258 g/mol. The lowest BCUT2D eigenvalue weighted by atomic mass is 9.98. The van der Waals surface area contributed by atoms with Crippen molar-refractivity contribution in [1.29, 1.82) is 0 Å². The maximum Gasteiger partial charge on any atom is 0.0209 e. The molecule has 1 heterocycles. The van der Waals surface area contributed by atoms with Crippen LogP contribution >= 0.6 is 0 Å². The van der Waals surface area contributed by atoms with Crippen molar-refractivity contribution in [2.24, 2.45) is 0 Å². The third kappa shape index (κ3) is 3.80. The molecule has 19 heavy (non-hydrogen) atoms. The van der Waals surface area contributed by atoms with Gasteiger partial charge in [0.2, 0.25) is 0 Å². The molecule has 2 unspecified atom stereocenters. The second-order valence-corrected chi connectivity index (χ2v) is 6.33. The van der Waals surface area contributed by atoms with Crippen LogP contribution < -0.4 is 5.32 Å². The molecule has 1 saturated carbocycles. The highest BCUT2D eigenvalue weighted by Crippen LogP contribution is 2.23. The van der Waals surface area contributed by atoms with Gasteiger partial charge >= 0.3 is 0 Å². The van der Waals surface area contributed by atoms with Gasteiger partial charge in [0.05, 0.1) is 0 Å². The number of likely N-dealkylation sites (tertiary alicyclic amines) is 1. The van der Waals surface area contributed by atoms with Crippen LogP contribution in [0.3, 0.4) is 0 Å². The van der Waals surface area contributed by atoms with Crippen molar-refractivity contribution in [1.82, 2.24) is 10.2 Å². The van der Waals surface area contributed by atoms with Crippen molar-refractivity contribution in [3.05, 3.63) is 35.9 Å². The van der Waals surface area contributed by atoms with Gasteiger partial charge in [-0.15, -0.1) is 0 Å². The van der Waals surface area contributed by atoms with Gasteiger partial charge in [0.25, 0.3) is 0 Å². The van der Waals surface area contributed by atoms with Crippen LogP contribution in [0.15, 0.2) is 30.3 Å². The summed E-state index contributed by atoms with van der Waals surface area (Å²) in [6.07, 6.45) is 5.43. The summed E-state index contributed by atoms with van der Waals surface area (Å²) in [5.41, 5.74) is 1.48. The first-order valence-electron chi connectivity index (χ1n) is 7.84. The third-order valence-electron chi connectivity index (χ3n) is 4.57. The summed E-state index contributed by atoms with van der Waals surface area (Å²) < 4.78 is 0. The van der Waals surface area contributed by atoms with Crippen molar-refractivity contribution in [3.8, 4) is 0 Å². The first-order chi connectivity index (χ1) is 9.31. The van der Waals surface area contributed by atoms with Gasteiger partial charge in [-0.25, -0.2) is 0 Å². The van der Waals surface area contributed by atoms with Crippen LogP contribution in [0.2, 0.25) is 0 Å². The number of hydrogen-bond donors (Lipinski definition) is 1. The number of benzene rings is 1. The van der Waals surface area contributed by atoms with E-state index >= 15 is 0 Å². The maximum atomic E-state index is 3.76. The molecule has 1 aliphatic heterocycles. The molecule has 1 aromatic rings. The molecule has 1 N–H and O–H groups in total. The fourth-order valence-corrected chi connectivity index (χ4v) is 3.08. The molecule has 0 radical (unpaired) electrons. The molecular weight excluding hydrogens is 232 g/mol. The Labute approximate surface area is 117 Å². The first-order valence-corrected chi connectivity index (χ1v) is 7.84. The average Bonchev–Trinajstić information content (AvgIpc) is 3.14. The fourth-order valence-electron chi connectivity index (χ4n) is 3.08. The Bertz CT molecular complexity index is 386. The normalized spacial score (nSPS) is 25.6. The zero-order valence-corrected chi connectivity index (χ0v) is 12.0. The molecule has 2 heteroatoms. The van der Waals surface area contributed by atoms with E-state index in [0.717, 1.165) is 12.1 Å². The van der Waals surface area contributed by atoms with E-state index in [4.69, 9.17) is 0 Å². The van der Waals surface area contributed by atoms with Crippen LogP contribution in [0, 0.1) is 0 Å². The van der Waals surface area contributed by atoms with Gasteiger partial charge in [-0.1, -0.05) is 37.3 Å². The third-order valence-corrected chi connectivity index (χ3v) is 4.57. The molecule has 0 spiro atoms. The lowest BCUT2D eigenvalue weighted by Crippen LogP contribution is -2.34. The Kier molecular flexibility index (Phi) is 4.19. The van der Waals surface area contributed by atoms with Crippen LogP contribution in [0.1, 0.15) is 44.1 Å². The SMILES string of the molecule is CC(CCN1CCC(NC2CC2)C1)c1ccccc1. The van der Waals surface area contributed by atoms with Crippen molar-refractivity contribution >= 4 is 0 Å². The molecule has 1 aromatic carbocycles. The molecule has 0 aromatic heterocycles. The summed E-state index contributed by atoms with van der Waals surface area (Å²) in [5.74, 6) is 0.677. The smallest absolute Gasteiger partial charge is 0.0209 e. The van der Waals surface area contributed by atoms with Crippen LogP contribution in [0.25, 0.3) is 0 Å². The van der Waals surface area contributed by atoms with Crippen molar-refractivity contribution in [2.75, 3.05) is 19.6 Å². The highest BCUT2D eigenvalue weighted by atomic mass is 15.2. The Balaban J connectivity index is 1.40. The zero-order valence-electron chi connectivity index (χ0n) is 12.0. The van der Waals surface area contributed by atoms with Crippen LogP contribution in [0.5, 0.6) is 0 Å². The van der Waals surface area contributed by atoms with E-state index in [-0.39, 0.29) is 0 Å². The highest BCUT2D eigenvalue weighted by molar-refractivity contribution is 5.18. The second-order valence-electron chi connectivity index (χ2n) is 6.33. The minimum atomic E-state index is 0.677. The molecule has 2 atom stereocenters. The van der Waals surface area contributed by atoms with E-state index in [1.165, 1.54) is 50.9 Å². The Hall–Kier alpha value is -0.860. The fraction of sp³-hybridized carbons (Fsp3) is 0.647. The lowest BCUT2D eigenvalue weighted by molar-refractivity contribution is 0.314. The van der Waals surface area contributed by atoms with E-state index in [2.05, 4.69) is 47.5 Å². The molecular formula is C17H26N2. The van der Waals surface area contributed by atoms with Crippen LogP contribution in [-0.4, -0.2) is 36.6 Å². The van der Waals surface area contributed by atoms with E-state index in [9.17, 15) is 0 Å². The predicted octanol–water partition coefficient (Wildman–Crippen LogP) is 3.01. The molecule has 2 fully saturated rings. The summed E-state index contributed by atoms with van der Waals surface area (Å²) in [4.78, 5) is 2.64. The average molecular weight is 258 g/mol. The van der Waals surface area contributed by atoms with Gasteiger partial charge in [0.15, 0.2) is 0 Å². The van der Waals surface area contributed by atoms with E-state index < -0.39 is 0 Å². The highest BCUT2D eigenvalue weighted by Gasteiger charge is 2.28. The molecule has 2 aliphatic rings. The largest absolute Gasteiger partial charge is 0.310 e. The van der Waals surface area contributed by atoms with Gasteiger partial charge in [-0.3, -0.25) is 0 Å². The minimum Gasteiger partial charge on any atom is -0.310 e. The Morgan fingerprint density at radius 1 is 1.16 bits per heavy atom. The lowest BCUT2D eigenvalue weighted by Gasteiger charge is -2.19. The second kappa shape index (κ2) is 6.06. The molecule has 104 valence electrons. The molecule has 3 rings (SSSR count). The first kappa shape index (κ1) is 13.1. The van der Waals surface area contributed by atoms with Gasteiger partial charge in [-0.2, -0.15) is 0 Å². The van der Waals surface area contributed by atoms with Crippen molar-refractivity contribution in [2.45, 2.75) is 50.6 Å². The van der Waals surface area contributed by atoms with Crippen molar-refractivity contribution in [3.63, 3.8) is 0 Å². The summed E-state index contributed by atoms with van der Waals surface area (Å²) in [7, 11) is 0. The number of nitrogens with zero attached hydrogens (tertiary/aromatic N) is 1. The van der Waals surface area contributed by atoms with Crippen LogP contribution in [0.4, 0.5) is 0 Å². The topological polar surface area (TPSA) is 15.3 Å². The predicted molar refractivity (Wildman–Crippen MR) is 80.5 cm³/mol. The summed E-state index contributed by atoms with van der Waals surface area (Å²) in [6.45, 7) is 6.15. The molecule has 2 nitrogen and oxygen atoms in total. The van der Waals surface area contributed by atoms with E-state index in [1.807, 2.05) is 0 Å². The number of nitrogens with one attached hydrogen (secondary N) is 1. The maximum absolute atomic E-state index is 3.76. The summed E-state index contributed by atoms with van der Waals surface area (Å²) in [6, 6.07) is 12.5. The Morgan fingerprint density at radius 3 is 2.68 bits per heavy atom. The van der Waals surface area contributed by atoms with Crippen molar-refractivity contribution < 1.29 is 0 Å². The molecule has 0 amide bonds. The molecule has 1 saturated heterocycles. The summed E-state index contributed by atoms with van der Waals surface area (Å²) in [5, 5.41) is 3.76. The minimum absolute atomic E-state index is 0.677. The number of hydrogen-bond acceptors (Lipinski definition) is 2. The van der Waals surface area contributed by atoms with Crippen LogP contribution in [-0.2, 0) is 0 Å². The van der Waals surface area contributed by atoms with E-state index in [1.54, 1.807) is 0 Å². The Morgan fingerprint density at radius 2 is 1.95 bits per heavy atom. The van der Waals surface area contributed by atoms with Gasteiger partial charge < -0.3 is 10.2 Å². The number of rotatable bonds is 6. The van der Waals surface area contributed by atoms with E-state index in [0.29, 0.717) is 5.92 Å². The molecule has 0 bridgehead atoms. The van der Waals surface area contributed by atoms with Gasteiger partial charge in [-0.05, 0) is 50.3 Å². The van der Waals surface area contributed by atoms with Gasteiger partial charge in [0.1, 0.15) is 0 Å². The summed E-state index contributed by atoms with van der Waals surface area (Å²) >= 11 is 0. The quantitative estimate of drug-likeness (QED) is 0.844.